The van der Waals surface area contributed by atoms with Gasteiger partial charge in [0.1, 0.15) is 0 Å². The number of aromatic nitrogens is 1. The van der Waals surface area contributed by atoms with Crippen LogP contribution in [0.15, 0.2) is 47.6 Å². The summed E-state index contributed by atoms with van der Waals surface area (Å²) >= 11 is 0. The predicted molar refractivity (Wildman–Crippen MR) is 70.8 cm³/mol. The predicted octanol–water partition coefficient (Wildman–Crippen LogP) is 1.53. The molecular weight excluding hydrogens is 250 g/mol. The Morgan fingerprint density at radius 3 is 2.78 bits per heavy atom. The van der Waals surface area contributed by atoms with Crippen molar-refractivity contribution in [3.63, 3.8) is 0 Å². The maximum atomic E-state index is 11.6. The Balaban J connectivity index is 2.13. The van der Waals surface area contributed by atoms with Gasteiger partial charge in [-0.05, 0) is 36.9 Å². The molecule has 0 aliphatic rings. The highest BCUT2D eigenvalue weighted by Crippen LogP contribution is 2.15. The minimum absolute atomic E-state index is 0.254. The normalized spacial score (nSPS) is 11.4. The molecule has 18 heavy (non-hydrogen) atoms. The van der Waals surface area contributed by atoms with Crippen LogP contribution in [0.4, 0.5) is 5.69 Å². The summed E-state index contributed by atoms with van der Waals surface area (Å²) in [7, 11) is -1.99. The van der Waals surface area contributed by atoms with Gasteiger partial charge in [0.25, 0.3) is 0 Å². The zero-order chi connectivity index (χ0) is 13.0. The summed E-state index contributed by atoms with van der Waals surface area (Å²) < 4.78 is 25.6. The van der Waals surface area contributed by atoms with Crippen LogP contribution in [-0.4, -0.2) is 20.4 Å². The Kier molecular flexibility index (Phi) is 3.69. The molecule has 1 aromatic carbocycles. The fourth-order valence-electron chi connectivity index (χ4n) is 1.56. The van der Waals surface area contributed by atoms with Gasteiger partial charge in [0.05, 0.1) is 4.90 Å². The van der Waals surface area contributed by atoms with Gasteiger partial charge < -0.3 is 10.3 Å². The van der Waals surface area contributed by atoms with Crippen LogP contribution in [-0.2, 0) is 16.6 Å². The van der Waals surface area contributed by atoms with Crippen LogP contribution in [0.5, 0.6) is 0 Å². The van der Waals surface area contributed by atoms with Crippen LogP contribution in [0.1, 0.15) is 5.56 Å². The first-order chi connectivity index (χ1) is 8.62. The topological polar surface area (TPSA) is 74.0 Å². The molecule has 0 aliphatic heterocycles. The number of rotatable bonds is 5. The maximum absolute atomic E-state index is 11.6. The molecule has 5 nitrogen and oxygen atoms in total. The van der Waals surface area contributed by atoms with Crippen molar-refractivity contribution in [1.82, 2.24) is 9.71 Å². The summed E-state index contributed by atoms with van der Waals surface area (Å²) in [5.41, 5.74) is 1.88. The molecule has 1 aromatic heterocycles. The van der Waals surface area contributed by atoms with Gasteiger partial charge in [-0.1, -0.05) is 6.07 Å². The van der Waals surface area contributed by atoms with Crippen molar-refractivity contribution in [3.05, 3.63) is 48.3 Å². The zero-order valence-corrected chi connectivity index (χ0v) is 10.8. The zero-order valence-electron chi connectivity index (χ0n) is 9.97. The number of hydrogen-bond donors (Lipinski definition) is 3. The third kappa shape index (κ3) is 2.91. The lowest BCUT2D eigenvalue weighted by molar-refractivity contribution is 0.588. The first-order valence-electron chi connectivity index (χ1n) is 5.51. The van der Waals surface area contributed by atoms with Crippen LogP contribution >= 0.6 is 0 Å². The summed E-state index contributed by atoms with van der Waals surface area (Å²) in [4.78, 5) is 3.22. The molecule has 2 aromatic rings. The molecule has 96 valence electrons. The lowest BCUT2D eigenvalue weighted by atomic mass is 10.3. The summed E-state index contributed by atoms with van der Waals surface area (Å²) in [6, 6.07) is 8.68. The second kappa shape index (κ2) is 5.24. The van der Waals surface area contributed by atoms with E-state index in [0.717, 1.165) is 11.3 Å². The number of benzene rings is 1. The van der Waals surface area contributed by atoms with Gasteiger partial charge in [-0.3, -0.25) is 0 Å². The SMILES string of the molecule is CNS(=O)(=O)c1cccc(NCc2cc[nH]c2)c1. The van der Waals surface area contributed by atoms with E-state index >= 15 is 0 Å². The van der Waals surface area contributed by atoms with E-state index in [9.17, 15) is 8.42 Å². The largest absolute Gasteiger partial charge is 0.381 e. The van der Waals surface area contributed by atoms with Gasteiger partial charge in [0.15, 0.2) is 0 Å². The molecule has 0 radical (unpaired) electrons. The van der Waals surface area contributed by atoms with Crippen molar-refractivity contribution in [2.24, 2.45) is 0 Å². The number of sulfonamides is 1. The van der Waals surface area contributed by atoms with Gasteiger partial charge in [-0.2, -0.15) is 0 Å². The monoisotopic (exact) mass is 265 g/mol. The van der Waals surface area contributed by atoms with Crippen molar-refractivity contribution in [2.75, 3.05) is 12.4 Å². The van der Waals surface area contributed by atoms with Crippen molar-refractivity contribution >= 4 is 15.7 Å². The van der Waals surface area contributed by atoms with Crippen molar-refractivity contribution in [2.45, 2.75) is 11.4 Å². The third-order valence-electron chi connectivity index (χ3n) is 2.57. The molecule has 1 heterocycles. The second-order valence-corrected chi connectivity index (χ2v) is 5.69. The van der Waals surface area contributed by atoms with Gasteiger partial charge >= 0.3 is 0 Å². The number of anilines is 1. The highest BCUT2D eigenvalue weighted by atomic mass is 32.2. The first-order valence-corrected chi connectivity index (χ1v) is 6.99. The molecule has 0 aliphatic carbocycles. The molecule has 0 bridgehead atoms. The van der Waals surface area contributed by atoms with Crippen LogP contribution in [0.3, 0.4) is 0 Å². The van der Waals surface area contributed by atoms with Crippen LogP contribution in [0, 0.1) is 0 Å². The molecule has 0 spiro atoms. The molecule has 0 saturated carbocycles. The summed E-state index contributed by atoms with van der Waals surface area (Å²) in [6.07, 6.45) is 3.74. The first kappa shape index (κ1) is 12.7. The van der Waals surface area contributed by atoms with Crippen LogP contribution in [0.2, 0.25) is 0 Å². The van der Waals surface area contributed by atoms with E-state index in [0.29, 0.717) is 6.54 Å². The number of nitrogens with one attached hydrogen (secondary N) is 3. The minimum Gasteiger partial charge on any atom is -0.381 e. The quantitative estimate of drug-likeness (QED) is 0.767. The Hall–Kier alpha value is -1.79. The lowest BCUT2D eigenvalue weighted by Crippen LogP contribution is -2.18. The van der Waals surface area contributed by atoms with E-state index in [2.05, 4.69) is 15.0 Å². The minimum atomic E-state index is -3.39. The Morgan fingerprint density at radius 1 is 1.28 bits per heavy atom. The Morgan fingerprint density at radius 2 is 2.11 bits per heavy atom. The van der Waals surface area contributed by atoms with E-state index in [1.165, 1.54) is 7.05 Å². The van der Waals surface area contributed by atoms with Crippen molar-refractivity contribution in [1.29, 1.82) is 0 Å². The molecule has 0 atom stereocenters. The molecule has 3 N–H and O–H groups in total. The molecule has 2 rings (SSSR count). The Bertz CT molecular complexity index is 606. The van der Waals surface area contributed by atoms with Gasteiger partial charge in [-0.15, -0.1) is 0 Å². The fourth-order valence-corrected chi connectivity index (χ4v) is 2.34. The van der Waals surface area contributed by atoms with Gasteiger partial charge in [0, 0.05) is 24.6 Å². The fraction of sp³-hybridized carbons (Fsp3) is 0.167. The Labute approximate surface area is 106 Å². The number of hydrogen-bond acceptors (Lipinski definition) is 3. The highest BCUT2D eigenvalue weighted by molar-refractivity contribution is 7.89. The maximum Gasteiger partial charge on any atom is 0.240 e. The second-order valence-electron chi connectivity index (χ2n) is 3.81. The summed E-state index contributed by atoms with van der Waals surface area (Å²) in [5.74, 6) is 0. The van der Waals surface area contributed by atoms with Crippen LogP contribution in [0.25, 0.3) is 0 Å². The number of H-pyrrole nitrogens is 1. The average Bonchev–Trinajstić information content (AvgIpc) is 2.90. The number of aromatic amines is 1. The van der Waals surface area contributed by atoms with E-state index in [1.54, 1.807) is 18.2 Å². The van der Waals surface area contributed by atoms with E-state index in [4.69, 9.17) is 0 Å². The van der Waals surface area contributed by atoms with Gasteiger partial charge in [-0.25, -0.2) is 13.1 Å². The molecule has 0 amide bonds. The van der Waals surface area contributed by atoms with Gasteiger partial charge in [0.2, 0.25) is 10.0 Å². The van der Waals surface area contributed by atoms with Crippen molar-refractivity contribution in [3.8, 4) is 0 Å². The molecule has 0 unspecified atom stereocenters. The van der Waals surface area contributed by atoms with E-state index < -0.39 is 10.0 Å². The molecule has 0 fully saturated rings. The third-order valence-corrected chi connectivity index (χ3v) is 3.98. The van der Waals surface area contributed by atoms with Crippen molar-refractivity contribution < 1.29 is 8.42 Å². The van der Waals surface area contributed by atoms with E-state index in [-0.39, 0.29) is 4.90 Å². The lowest BCUT2D eigenvalue weighted by Gasteiger charge is -2.07. The summed E-state index contributed by atoms with van der Waals surface area (Å²) in [6.45, 7) is 0.645. The standard InChI is InChI=1S/C12H15N3O2S/c1-13-18(16,17)12-4-2-3-11(7-12)15-9-10-5-6-14-8-10/h2-8,13-15H,9H2,1H3. The van der Waals surface area contributed by atoms with Crippen LogP contribution < -0.4 is 10.0 Å². The molecule has 6 heteroatoms. The smallest absolute Gasteiger partial charge is 0.240 e. The van der Waals surface area contributed by atoms with E-state index in [1.807, 2.05) is 24.5 Å². The summed E-state index contributed by atoms with van der Waals surface area (Å²) in [5, 5.41) is 3.17. The average molecular weight is 265 g/mol. The molecule has 0 saturated heterocycles. The molecular formula is C12H15N3O2S. The highest BCUT2D eigenvalue weighted by Gasteiger charge is 2.10.